The number of pyridine rings is 2. The highest BCUT2D eigenvalue weighted by Crippen LogP contribution is 2.41. The van der Waals surface area contributed by atoms with Gasteiger partial charge in [0, 0.05) is 82.2 Å². The summed E-state index contributed by atoms with van der Waals surface area (Å²) in [4.78, 5) is 87.3. The number of imide groups is 2. The van der Waals surface area contributed by atoms with Crippen LogP contribution in [0, 0.1) is 5.41 Å². The number of carbonyl (C=O) groups is 5. The molecule has 4 aromatic rings. The summed E-state index contributed by atoms with van der Waals surface area (Å²) in [7, 11) is 1.60. The summed E-state index contributed by atoms with van der Waals surface area (Å²) >= 11 is 0. The van der Waals surface area contributed by atoms with Crippen LogP contribution in [0.5, 0.6) is 5.88 Å². The molecule has 2 unspecified atom stereocenters. The molecule has 71 heavy (non-hydrogen) atoms. The number of piperazine rings is 1. The number of hydrogen-bond acceptors (Lipinski definition) is 14. The first-order valence-corrected chi connectivity index (χ1v) is 25.5. The number of hydrogen-bond donors (Lipinski definition) is 3. The summed E-state index contributed by atoms with van der Waals surface area (Å²) in [5.41, 5.74) is 7.62. The van der Waals surface area contributed by atoms with Crippen molar-refractivity contribution in [1.29, 1.82) is 0 Å². The van der Waals surface area contributed by atoms with E-state index in [0.717, 1.165) is 112 Å². The van der Waals surface area contributed by atoms with Crippen LogP contribution in [0.2, 0.25) is 0 Å². The third-order valence-electron chi connectivity index (χ3n) is 16.3. The molecule has 0 radical (unpaired) electrons. The van der Waals surface area contributed by atoms with Gasteiger partial charge in [0.05, 0.1) is 60.2 Å². The molecule has 18 nitrogen and oxygen atoms in total. The van der Waals surface area contributed by atoms with Gasteiger partial charge < -0.3 is 39.3 Å². The van der Waals surface area contributed by atoms with Crippen LogP contribution in [0.25, 0.3) is 0 Å². The Kier molecular flexibility index (Phi) is 12.0. The van der Waals surface area contributed by atoms with Crippen LogP contribution in [0.4, 0.5) is 28.6 Å². The lowest BCUT2D eigenvalue weighted by atomic mass is 9.89. The molecule has 1 aromatic carbocycles. The SMILES string of the molecule is COc1ncc(N2CCC[C@H](N3CCn4c(cc5c4CC(C)(C)C5)C3=O)[C@@H]2C(C)O)cc1Nc1ccc(N2CCN(C3CCN(c4ccc5c(c4)C(=O)N(C4CCC(=O)NC4=O)C5=O)CC3)C[C@@H]2C)cn1. The zero-order chi connectivity index (χ0) is 49.5. The molecule has 6 aliphatic heterocycles. The standard InChI is InChI=1S/C53H65N11O7/c1-31-30-59(34-14-17-58(18-15-34)35-8-10-38-39(24-35)51(69)64(50(38)68)42-11-13-46(66)57-48(42)67)19-20-60(31)36-9-12-45(54-28-36)56-40-25-37(29-55-49(40)71-5)61-16-6-7-41(47(61)32(2)65)63-22-21-62-43(52(63)70)23-33-26-53(3,4)27-44(33)62/h8-10,12,23-25,28-29,31-32,34,41-42,47,65H,6-7,11,13-22,26-27,30H2,1-5H3,(H,54,56)(H,57,66,67)/t31-,32?,41-,42?,47-/m0/s1. The summed E-state index contributed by atoms with van der Waals surface area (Å²) in [5, 5.41) is 17.1. The molecule has 18 heteroatoms. The van der Waals surface area contributed by atoms with Crippen molar-refractivity contribution >= 4 is 58.1 Å². The quantitative estimate of drug-likeness (QED) is 0.187. The molecular formula is C53H65N11O7. The minimum atomic E-state index is -0.984. The fraction of sp³-hybridized carbons (Fsp3) is 0.528. The minimum absolute atomic E-state index is 0.0537. The fourth-order valence-electron chi connectivity index (χ4n) is 12.9. The van der Waals surface area contributed by atoms with E-state index < -0.39 is 35.8 Å². The van der Waals surface area contributed by atoms with E-state index in [1.54, 1.807) is 25.4 Å². The van der Waals surface area contributed by atoms with Gasteiger partial charge in [-0.1, -0.05) is 13.8 Å². The summed E-state index contributed by atoms with van der Waals surface area (Å²) in [6, 6.07) is 12.8. The topological polar surface area (TPSA) is 189 Å². The second kappa shape index (κ2) is 18.3. The minimum Gasteiger partial charge on any atom is -0.480 e. The molecule has 7 aliphatic rings. The number of fused-ring (bicyclic) bond motifs is 4. The number of nitrogens with one attached hydrogen (secondary N) is 2. The normalized spacial score (nSPS) is 25.3. The average Bonchev–Trinajstić information content (AvgIpc) is 3.95. The second-order valence-corrected chi connectivity index (χ2v) is 21.5. The smallest absolute Gasteiger partial charge is 0.270 e. The van der Waals surface area contributed by atoms with Gasteiger partial charge in [0.1, 0.15) is 23.2 Å². The molecule has 5 amide bonds. The molecule has 3 N–H and O–H groups in total. The second-order valence-electron chi connectivity index (χ2n) is 21.5. The molecule has 1 aliphatic carbocycles. The number of piperidine rings is 3. The number of methoxy groups -OCH3 is 1. The van der Waals surface area contributed by atoms with Gasteiger partial charge in [-0.2, -0.15) is 0 Å². The van der Waals surface area contributed by atoms with Crippen LogP contribution in [0.3, 0.4) is 0 Å². The van der Waals surface area contributed by atoms with Crippen molar-refractivity contribution in [2.45, 2.75) is 122 Å². The Morgan fingerprint density at radius 2 is 1.55 bits per heavy atom. The van der Waals surface area contributed by atoms with Crippen molar-refractivity contribution < 1.29 is 33.8 Å². The highest BCUT2D eigenvalue weighted by molar-refractivity contribution is 6.23. The zero-order valence-corrected chi connectivity index (χ0v) is 41.4. The number of aliphatic hydroxyl groups excluding tert-OH is 1. The number of anilines is 5. The molecule has 4 saturated heterocycles. The van der Waals surface area contributed by atoms with Gasteiger partial charge in [-0.05, 0) is 112 Å². The van der Waals surface area contributed by atoms with Gasteiger partial charge in [-0.15, -0.1) is 0 Å². The molecule has 0 bridgehead atoms. The molecular weight excluding hydrogens is 903 g/mol. The first-order chi connectivity index (χ1) is 34.2. The predicted molar refractivity (Wildman–Crippen MR) is 268 cm³/mol. The molecule has 5 atom stereocenters. The number of amides is 5. The van der Waals surface area contributed by atoms with Crippen molar-refractivity contribution in [1.82, 2.24) is 34.6 Å². The van der Waals surface area contributed by atoms with Gasteiger partial charge in [-0.3, -0.25) is 39.1 Å². The van der Waals surface area contributed by atoms with Crippen molar-refractivity contribution in [2.75, 3.05) is 72.9 Å². The maximum absolute atomic E-state index is 14.2. The zero-order valence-electron chi connectivity index (χ0n) is 41.4. The van der Waals surface area contributed by atoms with Gasteiger partial charge in [0.2, 0.25) is 17.7 Å². The van der Waals surface area contributed by atoms with Crippen LogP contribution >= 0.6 is 0 Å². The highest BCUT2D eigenvalue weighted by Gasteiger charge is 2.46. The Balaban J connectivity index is 0.705. The van der Waals surface area contributed by atoms with Gasteiger partial charge in [-0.25, -0.2) is 9.97 Å². The molecule has 374 valence electrons. The number of nitrogens with zero attached hydrogens (tertiary/aromatic N) is 9. The van der Waals surface area contributed by atoms with Gasteiger partial charge >= 0.3 is 0 Å². The fourth-order valence-corrected chi connectivity index (χ4v) is 12.9. The largest absolute Gasteiger partial charge is 0.480 e. The van der Waals surface area contributed by atoms with E-state index in [1.807, 2.05) is 36.2 Å². The highest BCUT2D eigenvalue weighted by atomic mass is 16.5. The molecule has 0 spiro atoms. The van der Waals surface area contributed by atoms with Crippen molar-refractivity contribution in [3.05, 3.63) is 82.9 Å². The van der Waals surface area contributed by atoms with E-state index in [2.05, 4.69) is 67.7 Å². The number of aliphatic hydroxyl groups is 1. The van der Waals surface area contributed by atoms with E-state index in [0.29, 0.717) is 41.1 Å². The molecule has 4 fully saturated rings. The summed E-state index contributed by atoms with van der Waals surface area (Å²) < 4.78 is 7.98. The van der Waals surface area contributed by atoms with Crippen molar-refractivity contribution in [2.24, 2.45) is 5.41 Å². The number of carbonyl (C=O) groups excluding carboxylic acids is 5. The van der Waals surface area contributed by atoms with E-state index in [4.69, 9.17) is 14.7 Å². The third kappa shape index (κ3) is 8.45. The molecule has 11 rings (SSSR count). The maximum Gasteiger partial charge on any atom is 0.270 e. The van der Waals surface area contributed by atoms with E-state index >= 15 is 0 Å². The van der Waals surface area contributed by atoms with E-state index in [9.17, 15) is 29.1 Å². The summed E-state index contributed by atoms with van der Waals surface area (Å²) in [6.45, 7) is 15.1. The number of rotatable bonds is 10. The molecule has 9 heterocycles. The van der Waals surface area contributed by atoms with Crippen LogP contribution in [-0.2, 0) is 29.0 Å². The Bertz CT molecular complexity index is 2780. The Morgan fingerprint density at radius 3 is 2.28 bits per heavy atom. The number of benzene rings is 1. The Hall–Kier alpha value is -6.53. The average molecular weight is 968 g/mol. The van der Waals surface area contributed by atoms with E-state index in [-0.39, 0.29) is 42.3 Å². The van der Waals surface area contributed by atoms with Gasteiger partial charge in [0.15, 0.2) is 0 Å². The molecule has 3 aromatic heterocycles. The monoisotopic (exact) mass is 968 g/mol. The Morgan fingerprint density at radius 1 is 0.789 bits per heavy atom. The van der Waals surface area contributed by atoms with Crippen LogP contribution in [0.15, 0.2) is 54.9 Å². The van der Waals surface area contributed by atoms with Crippen LogP contribution in [0.1, 0.15) is 109 Å². The van der Waals surface area contributed by atoms with Crippen molar-refractivity contribution in [3.8, 4) is 5.88 Å². The lowest BCUT2D eigenvalue weighted by Crippen LogP contribution is -2.62. The number of aromatic nitrogens is 3. The van der Waals surface area contributed by atoms with Crippen molar-refractivity contribution in [3.63, 3.8) is 0 Å². The third-order valence-corrected chi connectivity index (χ3v) is 16.3. The summed E-state index contributed by atoms with van der Waals surface area (Å²) in [5.74, 6) is -0.854. The first kappa shape index (κ1) is 46.8. The maximum atomic E-state index is 14.2. The lowest BCUT2D eigenvalue weighted by Gasteiger charge is -2.49. The van der Waals surface area contributed by atoms with Crippen LogP contribution < -0.4 is 30.1 Å². The molecule has 0 saturated carbocycles. The van der Waals surface area contributed by atoms with Gasteiger partial charge in [0.25, 0.3) is 17.7 Å². The number of ether oxygens (including phenoxy) is 1. The summed E-state index contributed by atoms with van der Waals surface area (Å²) in [6.07, 6.45) is 8.81. The van der Waals surface area contributed by atoms with Crippen LogP contribution in [-0.4, -0.2) is 153 Å². The van der Waals surface area contributed by atoms with E-state index in [1.165, 1.54) is 11.3 Å². The first-order valence-electron chi connectivity index (χ1n) is 25.5. The Labute approximate surface area is 414 Å². The predicted octanol–water partition coefficient (Wildman–Crippen LogP) is 4.61. The lowest BCUT2D eigenvalue weighted by molar-refractivity contribution is -0.136.